The lowest BCUT2D eigenvalue weighted by Crippen LogP contribution is -2.29. The molecule has 0 aliphatic heterocycles. The van der Waals surface area contributed by atoms with E-state index in [1.807, 2.05) is 13.0 Å². The van der Waals surface area contributed by atoms with Gasteiger partial charge >= 0.3 is 0 Å². The molecule has 1 aliphatic rings. The molecule has 1 rings (SSSR count). The molecule has 1 aliphatic carbocycles. The Balaban J connectivity index is 2.46. The van der Waals surface area contributed by atoms with E-state index in [1.54, 1.807) is 6.92 Å². The third-order valence-electron chi connectivity index (χ3n) is 2.93. The van der Waals surface area contributed by atoms with Crippen LogP contribution in [-0.2, 0) is 4.79 Å². The summed E-state index contributed by atoms with van der Waals surface area (Å²) in [5.41, 5.74) is 0. The number of hydrogen-bond donors (Lipinski definition) is 0. The van der Waals surface area contributed by atoms with Gasteiger partial charge in [0.2, 0.25) is 0 Å². The van der Waals surface area contributed by atoms with Crippen LogP contribution in [0, 0.1) is 29.1 Å². The molecule has 0 bridgehead atoms. The molecule has 2 atom stereocenters. The van der Waals surface area contributed by atoms with Crippen molar-refractivity contribution in [1.82, 2.24) is 0 Å². The predicted octanol–water partition coefficient (Wildman–Crippen LogP) is 2.15. The minimum atomic E-state index is -0.416. The molecule has 0 aromatic carbocycles. The molecule has 0 aromatic rings. The van der Waals surface area contributed by atoms with Gasteiger partial charge in [-0.05, 0) is 25.7 Å². The van der Waals surface area contributed by atoms with Crippen molar-refractivity contribution in [2.24, 2.45) is 17.8 Å². The zero-order valence-electron chi connectivity index (χ0n) is 7.71. The largest absolute Gasteiger partial charge is 0.298 e. The molecule has 0 radical (unpaired) electrons. The lowest BCUT2D eigenvalue weighted by Gasteiger charge is -2.30. The Hall–Kier alpha value is -0.840. The second kappa shape index (κ2) is 3.71. The second-order valence-electron chi connectivity index (χ2n) is 3.73. The summed E-state index contributed by atoms with van der Waals surface area (Å²) in [7, 11) is 0. The number of nitrogens with zero attached hydrogens (tertiary/aromatic N) is 1. The number of Topliss-reactive ketones (excluding diaryl/α,β-unsaturated/α-hetero) is 1. The lowest BCUT2D eigenvalue weighted by molar-refractivity contribution is -0.126. The molecule has 1 saturated carbocycles. The first-order valence-electron chi connectivity index (χ1n) is 4.60. The van der Waals surface area contributed by atoms with E-state index in [1.165, 1.54) is 19.3 Å². The zero-order valence-corrected chi connectivity index (χ0v) is 7.71. The fourth-order valence-electron chi connectivity index (χ4n) is 1.63. The number of carbonyl (C=O) groups excluding carboxylic acids is 1. The van der Waals surface area contributed by atoms with Crippen molar-refractivity contribution in [3.63, 3.8) is 0 Å². The highest BCUT2D eigenvalue weighted by molar-refractivity contribution is 5.85. The fraction of sp³-hybridized carbons (Fsp3) is 0.800. The normalized spacial score (nSPS) is 22.1. The minimum Gasteiger partial charge on any atom is -0.298 e. The highest BCUT2D eigenvalue weighted by Gasteiger charge is 2.30. The SMILES string of the molecule is CC(C#N)C(=O)C(C)C1CCC1. The highest BCUT2D eigenvalue weighted by atomic mass is 16.1. The third kappa shape index (κ3) is 1.66. The highest BCUT2D eigenvalue weighted by Crippen LogP contribution is 2.34. The van der Waals surface area contributed by atoms with Crippen LogP contribution in [0.4, 0.5) is 0 Å². The summed E-state index contributed by atoms with van der Waals surface area (Å²) >= 11 is 0. The van der Waals surface area contributed by atoms with E-state index in [9.17, 15) is 4.79 Å². The van der Waals surface area contributed by atoms with E-state index in [0.717, 1.165) is 0 Å². The molecule has 0 N–H and O–H groups in total. The van der Waals surface area contributed by atoms with Crippen molar-refractivity contribution >= 4 is 5.78 Å². The predicted molar refractivity (Wildman–Crippen MR) is 46.3 cm³/mol. The van der Waals surface area contributed by atoms with Gasteiger partial charge in [-0.3, -0.25) is 4.79 Å². The average Bonchev–Trinajstić information content (AvgIpc) is 1.98. The van der Waals surface area contributed by atoms with E-state index in [-0.39, 0.29) is 11.7 Å². The molecule has 12 heavy (non-hydrogen) atoms. The third-order valence-corrected chi connectivity index (χ3v) is 2.93. The van der Waals surface area contributed by atoms with Gasteiger partial charge in [0.25, 0.3) is 0 Å². The van der Waals surface area contributed by atoms with Gasteiger partial charge in [0.15, 0.2) is 5.78 Å². The maximum absolute atomic E-state index is 11.5. The van der Waals surface area contributed by atoms with Crippen LogP contribution in [0.2, 0.25) is 0 Å². The number of carbonyl (C=O) groups is 1. The second-order valence-corrected chi connectivity index (χ2v) is 3.73. The Morgan fingerprint density at radius 1 is 1.50 bits per heavy atom. The van der Waals surface area contributed by atoms with Crippen LogP contribution >= 0.6 is 0 Å². The lowest BCUT2D eigenvalue weighted by atomic mass is 9.73. The maximum Gasteiger partial charge on any atom is 0.152 e. The van der Waals surface area contributed by atoms with Crippen LogP contribution in [-0.4, -0.2) is 5.78 Å². The molecule has 2 nitrogen and oxygen atoms in total. The first-order valence-corrected chi connectivity index (χ1v) is 4.60. The Kier molecular flexibility index (Phi) is 2.86. The molecule has 2 heteroatoms. The van der Waals surface area contributed by atoms with Crippen LogP contribution in [0.1, 0.15) is 33.1 Å². The van der Waals surface area contributed by atoms with Crippen molar-refractivity contribution in [2.75, 3.05) is 0 Å². The molecule has 0 spiro atoms. The Bertz CT molecular complexity index is 212. The average molecular weight is 165 g/mol. The molecule has 66 valence electrons. The maximum atomic E-state index is 11.5. The molecular weight excluding hydrogens is 150 g/mol. The summed E-state index contributed by atoms with van der Waals surface area (Å²) in [5, 5.41) is 8.56. The molecule has 0 aromatic heterocycles. The quantitative estimate of drug-likeness (QED) is 0.643. The van der Waals surface area contributed by atoms with Crippen molar-refractivity contribution < 1.29 is 4.79 Å². The topological polar surface area (TPSA) is 40.9 Å². The summed E-state index contributed by atoms with van der Waals surface area (Å²) in [6.45, 7) is 3.65. The summed E-state index contributed by atoms with van der Waals surface area (Å²) in [6, 6.07) is 2.00. The van der Waals surface area contributed by atoms with Crippen molar-refractivity contribution in [3.8, 4) is 6.07 Å². The summed E-state index contributed by atoms with van der Waals surface area (Å²) < 4.78 is 0. The minimum absolute atomic E-state index is 0.105. The summed E-state index contributed by atoms with van der Waals surface area (Å²) in [6.07, 6.45) is 3.60. The van der Waals surface area contributed by atoms with Crippen LogP contribution in [0.15, 0.2) is 0 Å². The molecular formula is C10H15NO. The van der Waals surface area contributed by atoms with Gasteiger partial charge in [0.1, 0.15) is 5.92 Å². The van der Waals surface area contributed by atoms with Gasteiger partial charge in [0.05, 0.1) is 6.07 Å². The van der Waals surface area contributed by atoms with Gasteiger partial charge in [-0.15, -0.1) is 0 Å². The van der Waals surface area contributed by atoms with Crippen LogP contribution in [0.5, 0.6) is 0 Å². The Labute approximate surface area is 73.6 Å². The van der Waals surface area contributed by atoms with E-state index in [2.05, 4.69) is 0 Å². The summed E-state index contributed by atoms with van der Waals surface area (Å²) in [4.78, 5) is 11.5. The van der Waals surface area contributed by atoms with Crippen molar-refractivity contribution in [1.29, 1.82) is 5.26 Å². The number of rotatable bonds is 3. The summed E-state index contributed by atoms with van der Waals surface area (Å²) in [5.74, 6) is 0.379. The Morgan fingerprint density at radius 3 is 2.42 bits per heavy atom. The van der Waals surface area contributed by atoms with Gasteiger partial charge in [-0.2, -0.15) is 5.26 Å². The molecule has 1 fully saturated rings. The van der Waals surface area contributed by atoms with Crippen LogP contribution in [0.3, 0.4) is 0 Å². The van der Waals surface area contributed by atoms with E-state index < -0.39 is 5.92 Å². The molecule has 0 heterocycles. The number of hydrogen-bond acceptors (Lipinski definition) is 2. The van der Waals surface area contributed by atoms with Crippen LogP contribution in [0.25, 0.3) is 0 Å². The monoisotopic (exact) mass is 165 g/mol. The van der Waals surface area contributed by atoms with Gasteiger partial charge in [0, 0.05) is 5.92 Å². The van der Waals surface area contributed by atoms with E-state index in [0.29, 0.717) is 5.92 Å². The molecule has 0 saturated heterocycles. The van der Waals surface area contributed by atoms with Crippen LogP contribution < -0.4 is 0 Å². The van der Waals surface area contributed by atoms with Gasteiger partial charge in [-0.1, -0.05) is 13.3 Å². The van der Waals surface area contributed by atoms with Crippen molar-refractivity contribution in [3.05, 3.63) is 0 Å². The first-order chi connectivity index (χ1) is 5.66. The van der Waals surface area contributed by atoms with E-state index in [4.69, 9.17) is 5.26 Å². The molecule has 2 unspecified atom stereocenters. The van der Waals surface area contributed by atoms with Crippen molar-refractivity contribution in [2.45, 2.75) is 33.1 Å². The first kappa shape index (κ1) is 9.25. The zero-order chi connectivity index (χ0) is 9.14. The smallest absolute Gasteiger partial charge is 0.152 e. The standard InChI is InChI=1S/C10H15NO/c1-7(6-11)10(12)8(2)9-4-3-5-9/h7-9H,3-5H2,1-2H3. The van der Waals surface area contributed by atoms with E-state index >= 15 is 0 Å². The number of nitriles is 1. The fourth-order valence-corrected chi connectivity index (χ4v) is 1.63. The Morgan fingerprint density at radius 2 is 2.08 bits per heavy atom. The molecule has 0 amide bonds. The van der Waals surface area contributed by atoms with Gasteiger partial charge in [-0.25, -0.2) is 0 Å². The number of ketones is 1. The van der Waals surface area contributed by atoms with Gasteiger partial charge < -0.3 is 0 Å².